The third kappa shape index (κ3) is 4.59. The molecule has 0 fully saturated rings. The summed E-state index contributed by atoms with van der Waals surface area (Å²) in [6.07, 6.45) is 2.06. The second-order valence-corrected chi connectivity index (χ2v) is 7.11. The van der Waals surface area contributed by atoms with Crippen molar-refractivity contribution < 1.29 is 4.79 Å². The van der Waals surface area contributed by atoms with Gasteiger partial charge < -0.3 is 15.2 Å². The summed E-state index contributed by atoms with van der Waals surface area (Å²) in [7, 11) is 0. The number of aromatic nitrogens is 1. The first-order valence-electron chi connectivity index (χ1n) is 9.25. The minimum absolute atomic E-state index is 0.191. The van der Waals surface area contributed by atoms with E-state index in [1.807, 2.05) is 44.2 Å². The number of rotatable bonds is 5. The van der Waals surface area contributed by atoms with Gasteiger partial charge in [0.25, 0.3) is 0 Å². The van der Waals surface area contributed by atoms with Crippen molar-refractivity contribution in [1.29, 1.82) is 0 Å². The van der Waals surface area contributed by atoms with Gasteiger partial charge in [0, 0.05) is 24.1 Å². The van der Waals surface area contributed by atoms with Crippen molar-refractivity contribution in [2.75, 3.05) is 5.32 Å². The fourth-order valence-electron chi connectivity index (χ4n) is 3.14. The maximum absolute atomic E-state index is 12.3. The molecule has 0 radical (unpaired) electrons. The second-order valence-electron chi connectivity index (χ2n) is 7.11. The topological polar surface area (TPSA) is 46.1 Å². The quantitative estimate of drug-likeness (QED) is 0.653. The highest BCUT2D eigenvalue weighted by Gasteiger charge is 2.08. The molecular weight excluding hydrogens is 334 g/mol. The lowest BCUT2D eigenvalue weighted by Gasteiger charge is -2.14. The van der Waals surface area contributed by atoms with Crippen LogP contribution in [0.15, 0.2) is 54.7 Å². The number of urea groups is 1. The van der Waals surface area contributed by atoms with Crippen LogP contribution in [0.2, 0.25) is 0 Å². The Bertz CT molecular complexity index is 956. The first-order valence-corrected chi connectivity index (χ1v) is 9.25. The van der Waals surface area contributed by atoms with E-state index < -0.39 is 0 Å². The molecule has 1 aromatic heterocycles. The molecule has 2 amide bonds. The van der Waals surface area contributed by atoms with Gasteiger partial charge in [-0.05, 0) is 68.1 Å². The average Bonchev–Trinajstić information content (AvgIpc) is 3.07. The maximum atomic E-state index is 12.3. The van der Waals surface area contributed by atoms with Crippen LogP contribution in [-0.2, 0) is 13.1 Å². The predicted molar refractivity (Wildman–Crippen MR) is 111 cm³/mol. The maximum Gasteiger partial charge on any atom is 0.319 e. The number of nitrogens with zero attached hydrogens (tertiary/aromatic N) is 1. The Morgan fingerprint density at radius 2 is 1.78 bits per heavy atom. The zero-order chi connectivity index (χ0) is 19.4. The molecule has 1 heterocycles. The monoisotopic (exact) mass is 361 g/mol. The minimum atomic E-state index is -0.191. The number of aryl methyl sites for hydroxylation is 3. The summed E-state index contributed by atoms with van der Waals surface area (Å²) in [5.41, 5.74) is 8.01. The van der Waals surface area contributed by atoms with Gasteiger partial charge in [0.15, 0.2) is 0 Å². The molecule has 0 aliphatic rings. The first kappa shape index (κ1) is 18.8. The van der Waals surface area contributed by atoms with Crippen LogP contribution in [0.3, 0.4) is 0 Å². The van der Waals surface area contributed by atoms with Crippen molar-refractivity contribution in [2.24, 2.45) is 0 Å². The van der Waals surface area contributed by atoms with Gasteiger partial charge in [-0.15, -0.1) is 0 Å². The molecule has 4 nitrogen and oxygen atoms in total. The van der Waals surface area contributed by atoms with Gasteiger partial charge in [0.1, 0.15) is 0 Å². The minimum Gasteiger partial charge on any atom is -0.345 e. The predicted octanol–water partition coefficient (Wildman–Crippen LogP) is 5.09. The van der Waals surface area contributed by atoms with Crippen molar-refractivity contribution >= 4 is 11.7 Å². The number of nitrogens with one attached hydrogen (secondary N) is 2. The fourth-order valence-corrected chi connectivity index (χ4v) is 3.14. The Morgan fingerprint density at radius 3 is 2.59 bits per heavy atom. The third-order valence-electron chi connectivity index (χ3n) is 5.05. The molecule has 0 atom stereocenters. The molecule has 0 spiro atoms. The van der Waals surface area contributed by atoms with Crippen LogP contribution >= 0.6 is 0 Å². The van der Waals surface area contributed by atoms with E-state index in [0.29, 0.717) is 6.54 Å². The highest BCUT2D eigenvalue weighted by Crippen LogP contribution is 2.18. The van der Waals surface area contributed by atoms with E-state index in [2.05, 4.69) is 53.4 Å². The van der Waals surface area contributed by atoms with Crippen LogP contribution in [-0.4, -0.2) is 10.6 Å². The summed E-state index contributed by atoms with van der Waals surface area (Å²) in [4.78, 5) is 12.3. The molecule has 2 aromatic carbocycles. The first-order chi connectivity index (χ1) is 12.9. The van der Waals surface area contributed by atoms with E-state index in [4.69, 9.17) is 0 Å². The standard InChI is InChI=1S/C23H27N3O/c1-16-10-11-18(3)20(13-16)15-26-12-6-8-21(26)14-24-23(27)25-22-9-5-7-17(2)19(22)4/h5-13H,14-15H2,1-4H3,(H2,24,25,27). The van der Waals surface area contributed by atoms with Crippen LogP contribution in [0.5, 0.6) is 0 Å². The van der Waals surface area contributed by atoms with Gasteiger partial charge in [-0.2, -0.15) is 0 Å². The molecule has 0 bridgehead atoms. The summed E-state index contributed by atoms with van der Waals surface area (Å²) in [6, 6.07) is 16.3. The van der Waals surface area contributed by atoms with Crippen molar-refractivity contribution in [3.8, 4) is 0 Å². The molecular formula is C23H27N3O. The van der Waals surface area contributed by atoms with Crippen LogP contribution in [0.1, 0.15) is 33.5 Å². The lowest BCUT2D eigenvalue weighted by Crippen LogP contribution is -2.29. The number of hydrogen-bond donors (Lipinski definition) is 2. The smallest absolute Gasteiger partial charge is 0.319 e. The molecule has 0 aliphatic carbocycles. The highest BCUT2D eigenvalue weighted by atomic mass is 16.2. The molecule has 0 unspecified atom stereocenters. The largest absolute Gasteiger partial charge is 0.345 e. The number of amides is 2. The normalized spacial score (nSPS) is 10.7. The number of hydrogen-bond acceptors (Lipinski definition) is 1. The number of anilines is 1. The lowest BCUT2D eigenvalue weighted by atomic mass is 10.1. The Labute approximate surface area is 161 Å². The van der Waals surface area contributed by atoms with Gasteiger partial charge in [-0.1, -0.05) is 35.9 Å². The summed E-state index contributed by atoms with van der Waals surface area (Å²) in [5, 5.41) is 5.90. The molecule has 3 aromatic rings. The van der Waals surface area contributed by atoms with Crippen LogP contribution in [0.25, 0.3) is 0 Å². The molecule has 2 N–H and O–H groups in total. The molecule has 27 heavy (non-hydrogen) atoms. The SMILES string of the molecule is Cc1ccc(C)c(Cn2cccc2CNC(=O)Nc2cccc(C)c2C)c1. The Morgan fingerprint density at radius 1 is 0.963 bits per heavy atom. The summed E-state index contributed by atoms with van der Waals surface area (Å²) in [6.45, 7) is 9.58. The van der Waals surface area contributed by atoms with Gasteiger partial charge in [-0.3, -0.25) is 0 Å². The number of benzene rings is 2. The van der Waals surface area contributed by atoms with Crippen molar-refractivity contribution in [3.05, 3.63) is 88.2 Å². The van der Waals surface area contributed by atoms with Gasteiger partial charge in [0.05, 0.1) is 6.54 Å². The summed E-state index contributed by atoms with van der Waals surface area (Å²) < 4.78 is 2.18. The van der Waals surface area contributed by atoms with Gasteiger partial charge in [0.2, 0.25) is 0 Å². The van der Waals surface area contributed by atoms with Crippen molar-refractivity contribution in [3.63, 3.8) is 0 Å². The molecule has 4 heteroatoms. The molecule has 0 aliphatic heterocycles. The molecule has 3 rings (SSSR count). The molecule has 140 valence electrons. The Kier molecular flexibility index (Phi) is 5.65. The zero-order valence-electron chi connectivity index (χ0n) is 16.5. The van der Waals surface area contributed by atoms with E-state index in [0.717, 1.165) is 29.1 Å². The molecule has 0 saturated carbocycles. The van der Waals surface area contributed by atoms with E-state index >= 15 is 0 Å². The highest BCUT2D eigenvalue weighted by molar-refractivity contribution is 5.90. The lowest BCUT2D eigenvalue weighted by molar-refractivity contribution is 0.251. The van der Waals surface area contributed by atoms with E-state index in [-0.39, 0.29) is 6.03 Å². The van der Waals surface area contributed by atoms with Crippen molar-refractivity contribution in [2.45, 2.75) is 40.8 Å². The van der Waals surface area contributed by atoms with Gasteiger partial charge >= 0.3 is 6.03 Å². The summed E-state index contributed by atoms with van der Waals surface area (Å²) >= 11 is 0. The molecule has 0 saturated heterocycles. The Hall–Kier alpha value is -3.01. The van der Waals surface area contributed by atoms with Crippen LogP contribution in [0.4, 0.5) is 10.5 Å². The second kappa shape index (κ2) is 8.12. The van der Waals surface area contributed by atoms with Crippen LogP contribution < -0.4 is 10.6 Å². The third-order valence-corrected chi connectivity index (χ3v) is 5.05. The fraction of sp³-hybridized carbons (Fsp3) is 0.261. The van der Waals surface area contributed by atoms with E-state index in [1.165, 1.54) is 16.7 Å². The average molecular weight is 361 g/mol. The van der Waals surface area contributed by atoms with Gasteiger partial charge in [-0.25, -0.2) is 4.79 Å². The zero-order valence-corrected chi connectivity index (χ0v) is 16.5. The Balaban J connectivity index is 1.64. The summed E-state index contributed by atoms with van der Waals surface area (Å²) in [5.74, 6) is 0. The number of carbonyl (C=O) groups excluding carboxylic acids is 1. The van der Waals surface area contributed by atoms with E-state index in [9.17, 15) is 4.79 Å². The van der Waals surface area contributed by atoms with Crippen molar-refractivity contribution in [1.82, 2.24) is 9.88 Å². The number of carbonyl (C=O) groups is 1. The van der Waals surface area contributed by atoms with E-state index in [1.54, 1.807) is 0 Å². The van der Waals surface area contributed by atoms with Crippen LogP contribution in [0, 0.1) is 27.7 Å².